The van der Waals surface area contributed by atoms with E-state index in [-0.39, 0.29) is 11.8 Å². The molecular formula is C20H20N2O2. The Hall–Kier alpha value is -2.62. The van der Waals surface area contributed by atoms with Gasteiger partial charge in [0, 0.05) is 24.3 Å². The molecule has 2 aromatic carbocycles. The molecule has 122 valence electrons. The molecule has 4 rings (SSSR count). The molecule has 0 radical (unpaired) electrons. The van der Waals surface area contributed by atoms with Gasteiger partial charge in [-0.3, -0.25) is 9.59 Å². The number of para-hydroxylation sites is 1. The third kappa shape index (κ3) is 2.80. The van der Waals surface area contributed by atoms with E-state index >= 15 is 0 Å². The van der Waals surface area contributed by atoms with Gasteiger partial charge < -0.3 is 10.2 Å². The van der Waals surface area contributed by atoms with E-state index in [0.29, 0.717) is 12.8 Å². The van der Waals surface area contributed by atoms with E-state index in [2.05, 4.69) is 17.4 Å². The van der Waals surface area contributed by atoms with Crippen molar-refractivity contribution in [2.75, 3.05) is 16.8 Å². The van der Waals surface area contributed by atoms with Gasteiger partial charge in [-0.05, 0) is 48.1 Å². The number of benzene rings is 2. The number of aryl methyl sites for hydroxylation is 2. The maximum absolute atomic E-state index is 12.8. The number of nitrogens with one attached hydrogen (secondary N) is 1. The fourth-order valence-corrected chi connectivity index (χ4v) is 3.61. The van der Waals surface area contributed by atoms with Gasteiger partial charge >= 0.3 is 0 Å². The smallest absolute Gasteiger partial charge is 0.231 e. The maximum atomic E-state index is 12.8. The average Bonchev–Trinajstić information content (AvgIpc) is 2.61. The number of carbonyl (C=O) groups excluding carboxylic acids is 2. The molecule has 2 heterocycles. The number of fused-ring (bicyclic) bond motifs is 2. The zero-order valence-corrected chi connectivity index (χ0v) is 13.5. The second kappa shape index (κ2) is 6.11. The molecule has 0 saturated heterocycles. The van der Waals surface area contributed by atoms with Gasteiger partial charge in [-0.15, -0.1) is 0 Å². The molecule has 0 atom stereocenters. The Labute approximate surface area is 141 Å². The molecule has 2 aliphatic heterocycles. The molecule has 0 bridgehead atoms. The Bertz CT molecular complexity index is 813. The number of hydrogen-bond donors (Lipinski definition) is 1. The fraction of sp³-hybridized carbons (Fsp3) is 0.300. The van der Waals surface area contributed by atoms with Crippen molar-refractivity contribution in [1.82, 2.24) is 0 Å². The van der Waals surface area contributed by atoms with Gasteiger partial charge in [0.15, 0.2) is 0 Å². The highest BCUT2D eigenvalue weighted by Crippen LogP contribution is 2.28. The first-order valence-corrected chi connectivity index (χ1v) is 8.50. The van der Waals surface area contributed by atoms with E-state index in [1.54, 1.807) is 0 Å². The highest BCUT2D eigenvalue weighted by Gasteiger charge is 2.22. The van der Waals surface area contributed by atoms with Crippen LogP contribution in [-0.2, 0) is 28.9 Å². The average molecular weight is 320 g/mol. The van der Waals surface area contributed by atoms with Crippen LogP contribution >= 0.6 is 0 Å². The Balaban J connectivity index is 1.54. The third-order valence-corrected chi connectivity index (χ3v) is 4.83. The van der Waals surface area contributed by atoms with Crippen molar-refractivity contribution in [3.8, 4) is 0 Å². The van der Waals surface area contributed by atoms with Gasteiger partial charge in [0.05, 0.1) is 6.42 Å². The lowest BCUT2D eigenvalue weighted by Crippen LogP contribution is -2.36. The Morgan fingerprint density at radius 3 is 2.83 bits per heavy atom. The molecule has 24 heavy (non-hydrogen) atoms. The Morgan fingerprint density at radius 2 is 1.92 bits per heavy atom. The summed E-state index contributed by atoms with van der Waals surface area (Å²) in [5.74, 6) is 0.207. The van der Waals surface area contributed by atoms with E-state index in [4.69, 9.17) is 0 Å². The van der Waals surface area contributed by atoms with Crippen LogP contribution in [0.4, 0.5) is 11.4 Å². The fourth-order valence-electron chi connectivity index (χ4n) is 3.61. The molecular weight excluding hydrogens is 300 g/mol. The van der Waals surface area contributed by atoms with Crippen molar-refractivity contribution in [2.45, 2.75) is 32.1 Å². The lowest BCUT2D eigenvalue weighted by Gasteiger charge is -2.29. The minimum Gasteiger partial charge on any atom is -0.326 e. The molecule has 1 N–H and O–H groups in total. The van der Waals surface area contributed by atoms with Crippen molar-refractivity contribution in [3.63, 3.8) is 0 Å². The molecule has 0 saturated carbocycles. The van der Waals surface area contributed by atoms with E-state index in [9.17, 15) is 9.59 Å². The summed E-state index contributed by atoms with van der Waals surface area (Å²) in [7, 11) is 0. The van der Waals surface area contributed by atoms with E-state index in [1.165, 1.54) is 5.56 Å². The van der Waals surface area contributed by atoms with Crippen LogP contribution in [0.5, 0.6) is 0 Å². The first kappa shape index (κ1) is 14.9. The van der Waals surface area contributed by atoms with Crippen LogP contribution in [0.1, 0.15) is 29.5 Å². The highest BCUT2D eigenvalue weighted by atomic mass is 16.2. The van der Waals surface area contributed by atoms with Crippen LogP contribution in [0.2, 0.25) is 0 Å². The van der Waals surface area contributed by atoms with Crippen LogP contribution in [0, 0.1) is 0 Å². The Kier molecular flexibility index (Phi) is 3.81. The number of rotatable bonds is 2. The van der Waals surface area contributed by atoms with E-state index in [0.717, 1.165) is 48.3 Å². The van der Waals surface area contributed by atoms with E-state index in [1.807, 2.05) is 35.2 Å². The van der Waals surface area contributed by atoms with Crippen molar-refractivity contribution < 1.29 is 9.59 Å². The summed E-state index contributed by atoms with van der Waals surface area (Å²) in [6, 6.07) is 14.1. The molecule has 2 amide bonds. The topological polar surface area (TPSA) is 49.4 Å². The van der Waals surface area contributed by atoms with Gasteiger partial charge in [-0.25, -0.2) is 0 Å². The van der Waals surface area contributed by atoms with Gasteiger partial charge in [-0.2, -0.15) is 0 Å². The number of amides is 2. The van der Waals surface area contributed by atoms with Gasteiger partial charge in [-0.1, -0.05) is 30.3 Å². The molecule has 0 aromatic heterocycles. The first-order valence-electron chi connectivity index (χ1n) is 8.50. The van der Waals surface area contributed by atoms with Crippen LogP contribution < -0.4 is 10.2 Å². The van der Waals surface area contributed by atoms with Crippen LogP contribution in [-0.4, -0.2) is 18.4 Å². The summed E-state index contributed by atoms with van der Waals surface area (Å²) in [5.41, 5.74) is 5.33. The van der Waals surface area contributed by atoms with Crippen LogP contribution in [0.15, 0.2) is 42.5 Å². The predicted octanol–water partition coefficient (Wildman–Crippen LogP) is 3.09. The quantitative estimate of drug-likeness (QED) is 0.924. The molecule has 4 heteroatoms. The maximum Gasteiger partial charge on any atom is 0.231 e. The standard InChI is InChI=1S/C20H20N2O2/c23-19-10-8-16-12-14(7-9-17(16)21-19)13-20(24)22-11-3-5-15-4-1-2-6-18(15)22/h1-2,4,6-7,9,12H,3,5,8,10-11,13H2,(H,21,23). The minimum atomic E-state index is 0.0660. The highest BCUT2D eigenvalue weighted by molar-refractivity contribution is 5.96. The number of carbonyl (C=O) groups is 2. The van der Waals surface area contributed by atoms with Crippen molar-refractivity contribution in [2.24, 2.45) is 0 Å². The zero-order chi connectivity index (χ0) is 16.5. The molecule has 0 fully saturated rings. The number of nitrogens with zero attached hydrogens (tertiary/aromatic N) is 1. The van der Waals surface area contributed by atoms with Gasteiger partial charge in [0.25, 0.3) is 0 Å². The molecule has 0 spiro atoms. The molecule has 2 aromatic rings. The lowest BCUT2D eigenvalue weighted by atomic mass is 9.98. The monoisotopic (exact) mass is 320 g/mol. The summed E-state index contributed by atoms with van der Waals surface area (Å²) >= 11 is 0. The van der Waals surface area contributed by atoms with Crippen LogP contribution in [0.25, 0.3) is 0 Å². The second-order valence-electron chi connectivity index (χ2n) is 6.49. The van der Waals surface area contributed by atoms with Gasteiger partial charge in [0.1, 0.15) is 0 Å². The van der Waals surface area contributed by atoms with Crippen molar-refractivity contribution in [1.29, 1.82) is 0 Å². The number of anilines is 2. The summed E-state index contributed by atoms with van der Waals surface area (Å²) in [6.45, 7) is 0.789. The summed E-state index contributed by atoms with van der Waals surface area (Å²) < 4.78 is 0. The summed E-state index contributed by atoms with van der Waals surface area (Å²) in [5, 5.41) is 2.88. The van der Waals surface area contributed by atoms with Crippen molar-refractivity contribution in [3.05, 3.63) is 59.2 Å². The van der Waals surface area contributed by atoms with Crippen LogP contribution in [0.3, 0.4) is 0 Å². The first-order chi connectivity index (χ1) is 11.7. The lowest BCUT2D eigenvalue weighted by molar-refractivity contribution is -0.118. The normalized spacial score (nSPS) is 16.2. The summed E-state index contributed by atoms with van der Waals surface area (Å²) in [4.78, 5) is 26.2. The Morgan fingerprint density at radius 1 is 1.04 bits per heavy atom. The summed E-state index contributed by atoms with van der Waals surface area (Å²) in [6.07, 6.45) is 3.71. The largest absolute Gasteiger partial charge is 0.326 e. The third-order valence-electron chi connectivity index (χ3n) is 4.83. The van der Waals surface area contributed by atoms with Gasteiger partial charge in [0.2, 0.25) is 11.8 Å². The second-order valence-corrected chi connectivity index (χ2v) is 6.49. The van der Waals surface area contributed by atoms with Crippen molar-refractivity contribution >= 4 is 23.2 Å². The molecule has 2 aliphatic rings. The minimum absolute atomic E-state index is 0.0660. The molecule has 0 unspecified atom stereocenters. The zero-order valence-electron chi connectivity index (χ0n) is 13.5. The predicted molar refractivity (Wildman–Crippen MR) is 94.2 cm³/mol. The SMILES string of the molecule is O=C1CCc2cc(CC(=O)N3CCCc4ccccc43)ccc2N1. The molecule has 0 aliphatic carbocycles. The van der Waals surface area contributed by atoms with E-state index < -0.39 is 0 Å². The number of hydrogen-bond acceptors (Lipinski definition) is 2. The molecule has 4 nitrogen and oxygen atoms in total.